The van der Waals surface area contributed by atoms with E-state index in [2.05, 4.69) is 75.1 Å². The first kappa shape index (κ1) is 86.3. The van der Waals surface area contributed by atoms with Crippen molar-refractivity contribution in [3.05, 3.63) is 74.9 Å². The van der Waals surface area contributed by atoms with Gasteiger partial charge in [-0.15, -0.1) is 26.3 Å². The van der Waals surface area contributed by atoms with E-state index in [0.717, 1.165) is 83.3 Å². The van der Waals surface area contributed by atoms with Crippen LogP contribution in [-0.4, -0.2) is 172 Å². The normalized spacial score (nSPS) is 14.1. The highest BCUT2D eigenvalue weighted by atomic mass is 16.7. The number of carbonyl (C=O) groups excluding carboxylic acids is 2. The zero-order valence-corrected chi connectivity index (χ0v) is 47.1. The Morgan fingerprint density at radius 3 is 1.36 bits per heavy atom. The Bertz CT molecular complexity index is 1120. The van der Waals surface area contributed by atoms with Gasteiger partial charge in [0.25, 0.3) is 0 Å². The summed E-state index contributed by atoms with van der Waals surface area (Å²) < 4.78 is 39.0. The summed E-state index contributed by atoms with van der Waals surface area (Å²) in [7, 11) is 4.64. The molecule has 18 nitrogen and oxygen atoms in total. The predicted molar refractivity (Wildman–Crippen MR) is 293 cm³/mol. The number of hydrogen-bond acceptors (Lipinski definition) is 17. The summed E-state index contributed by atoms with van der Waals surface area (Å²) in [5, 5.41) is 57.9. The molecule has 0 aliphatic carbocycles. The maximum absolute atomic E-state index is 10.6. The van der Waals surface area contributed by atoms with Crippen LogP contribution in [0.5, 0.6) is 0 Å². The number of aliphatic hydroxyl groups excluding tert-OH is 6. The lowest BCUT2D eigenvalue weighted by Gasteiger charge is -2.10. The van der Waals surface area contributed by atoms with E-state index < -0.39 is 12.1 Å². The molecule has 18 heteroatoms. The molecule has 6 atom stereocenters. The van der Waals surface area contributed by atoms with E-state index in [1.807, 2.05) is 25.2 Å². The Kier molecular flexibility index (Phi) is 97.5. The lowest BCUT2D eigenvalue weighted by atomic mass is 10.2. The van der Waals surface area contributed by atoms with Crippen LogP contribution < -0.4 is 0 Å². The molecule has 436 valence electrons. The maximum atomic E-state index is 10.6. The molecule has 0 unspecified atom stereocenters. The predicted octanol–water partition coefficient (Wildman–Crippen LogP) is 8.61. The summed E-state index contributed by atoms with van der Waals surface area (Å²) in [6.07, 6.45) is 27.3. The van der Waals surface area contributed by atoms with Crippen LogP contribution in [0.15, 0.2) is 74.9 Å². The lowest BCUT2D eigenvalue weighted by molar-refractivity contribution is -0.141. The average molecular weight is 1060 g/mol. The standard InChI is InChI=1S/C8H16O2.C8H14O2.C7H12O4.C7H14O3.C6H12O2.C6H12O.C6H10O.C4H10O.C3H8O2/c1-4-6-8(5-2)10-7-9-3;1-3-5-6-7-8(9)10-4-2;1-3-6(4-7(8)9)11-5-10-2;1-3-7(4-5-8)10-6-9-2;1-2-3-5-6(4-7)8-5;1-3-5-6(7)4-2;1-2-3-4-5-6-7;1-2-3-4-5;4-2-1-3-5/h5,8H,2,4,6-7H2,1,3H3;6-7H,3-5H2,1-2H3;3,6H,1,4-5H2,2H3,(H,8,9);3,7-8H,1,4-6H2,2H3;5-7H,2-4H2,1H3;4,6-7H,2-3,5H2,1H3;4-6H,2-3H2,1H3;5H,2-4H2,1H3;4-5H,1-3H2/b;7-6+;;;;;5-4+;;/t8-;;6-;7-;5-,6-;6-;;;/m0.0010.../s1. The zero-order chi connectivity index (χ0) is 57.6. The molecule has 1 aliphatic rings. The van der Waals surface area contributed by atoms with Crippen LogP contribution in [0, 0.1) is 0 Å². The second-order valence-corrected chi connectivity index (χ2v) is 14.9. The monoisotopic (exact) mass is 1060 g/mol. The van der Waals surface area contributed by atoms with Gasteiger partial charge in [0.1, 0.15) is 32.8 Å². The van der Waals surface area contributed by atoms with Crippen LogP contribution >= 0.6 is 0 Å². The number of esters is 1. The number of carbonyl (C=O) groups is 3. The molecule has 1 heterocycles. The molecule has 1 rings (SSSR count). The van der Waals surface area contributed by atoms with Gasteiger partial charge >= 0.3 is 11.9 Å². The topological polar surface area (TPSA) is 270 Å². The van der Waals surface area contributed by atoms with Gasteiger partial charge in [0.15, 0.2) is 0 Å². The fraction of sp³-hybridized carbons (Fsp3) is 0.727. The third-order valence-electron chi connectivity index (χ3n) is 8.14. The van der Waals surface area contributed by atoms with Gasteiger partial charge < -0.3 is 73.6 Å². The summed E-state index contributed by atoms with van der Waals surface area (Å²) in [5.74, 6) is -1.15. The minimum Gasteiger partial charge on any atom is -0.481 e. The smallest absolute Gasteiger partial charge is 0.330 e. The molecular weight excluding hydrogens is 949 g/mol. The summed E-state index contributed by atoms with van der Waals surface area (Å²) >= 11 is 0. The Labute approximate surface area is 442 Å². The largest absolute Gasteiger partial charge is 0.481 e. The van der Waals surface area contributed by atoms with Crippen LogP contribution in [-0.2, 0) is 52.3 Å². The number of aldehydes is 1. The van der Waals surface area contributed by atoms with Gasteiger partial charge in [-0.1, -0.05) is 117 Å². The van der Waals surface area contributed by atoms with Gasteiger partial charge in [-0.25, -0.2) is 4.79 Å². The van der Waals surface area contributed by atoms with Crippen LogP contribution in [0.4, 0.5) is 0 Å². The van der Waals surface area contributed by atoms with Crippen molar-refractivity contribution < 1.29 is 88.0 Å². The second-order valence-electron chi connectivity index (χ2n) is 14.9. The SMILES string of the molecule is C=C[C@@H](CC(=O)O)OCOC.C=C[C@@H](CCC)OCOC.C=C[C@@H](CCO)OCOC.C=C[C@H](O)CCC.CCC/C=C/C(=O)OCC.CCC/C=C/C=O.CCCCO.CCC[C@H]1O[C@@H]1CO.OCCCO. The molecule has 1 fully saturated rings. The number of aliphatic hydroxyl groups is 6. The number of allylic oxidation sites excluding steroid dienone is 3. The van der Waals surface area contributed by atoms with Crippen LogP contribution in [0.3, 0.4) is 0 Å². The number of unbranched alkanes of at least 4 members (excludes halogenated alkanes) is 3. The molecule has 1 aliphatic heterocycles. The van der Waals surface area contributed by atoms with Crippen molar-refractivity contribution in [2.45, 2.75) is 181 Å². The lowest BCUT2D eigenvalue weighted by Crippen LogP contribution is -2.16. The number of rotatable bonds is 35. The first-order valence-electron chi connectivity index (χ1n) is 25.5. The third kappa shape index (κ3) is 94.9. The molecule has 7 N–H and O–H groups in total. The molecule has 73 heavy (non-hydrogen) atoms. The van der Waals surface area contributed by atoms with Gasteiger partial charge in [0.2, 0.25) is 0 Å². The van der Waals surface area contributed by atoms with Crippen molar-refractivity contribution >= 4 is 18.2 Å². The summed E-state index contributed by atoms with van der Waals surface area (Å²) in [6, 6.07) is 0. The Morgan fingerprint density at radius 1 is 0.589 bits per heavy atom. The van der Waals surface area contributed by atoms with Gasteiger partial charge in [-0.05, 0) is 57.9 Å². The first-order valence-corrected chi connectivity index (χ1v) is 25.5. The van der Waals surface area contributed by atoms with Gasteiger partial charge in [0, 0.05) is 60.3 Å². The van der Waals surface area contributed by atoms with Crippen LogP contribution in [0.1, 0.15) is 145 Å². The van der Waals surface area contributed by atoms with Crippen molar-refractivity contribution in [3.63, 3.8) is 0 Å². The van der Waals surface area contributed by atoms with E-state index in [-0.39, 0.29) is 76.8 Å². The highest BCUT2D eigenvalue weighted by Gasteiger charge is 2.36. The van der Waals surface area contributed by atoms with E-state index in [1.165, 1.54) is 25.3 Å². The molecule has 0 aromatic heterocycles. The third-order valence-corrected chi connectivity index (χ3v) is 8.14. The van der Waals surface area contributed by atoms with E-state index >= 15 is 0 Å². The Hall–Kier alpha value is -3.47. The minimum atomic E-state index is -0.911. The summed E-state index contributed by atoms with van der Waals surface area (Å²) in [5.41, 5.74) is 0. The molecule has 1 saturated heterocycles. The second kappa shape index (κ2) is 82.5. The minimum absolute atomic E-state index is 0.0765. The highest BCUT2D eigenvalue weighted by molar-refractivity contribution is 5.81. The van der Waals surface area contributed by atoms with Crippen molar-refractivity contribution in [3.8, 4) is 0 Å². The number of aliphatic carboxylic acids is 1. The number of epoxide rings is 1. The maximum Gasteiger partial charge on any atom is 0.330 e. The van der Waals surface area contributed by atoms with Gasteiger partial charge in [0.05, 0.1) is 50.2 Å². The first-order chi connectivity index (χ1) is 35.1. The highest BCUT2D eigenvalue weighted by Crippen LogP contribution is 2.25. The van der Waals surface area contributed by atoms with Crippen molar-refractivity contribution in [1.82, 2.24) is 0 Å². The number of ether oxygens (including phenoxy) is 8. The van der Waals surface area contributed by atoms with Gasteiger partial charge in [-0.2, -0.15) is 0 Å². The van der Waals surface area contributed by atoms with Crippen molar-refractivity contribution in [2.75, 3.05) is 81.3 Å². The average Bonchev–Trinajstić information content (AvgIpc) is 4.16. The van der Waals surface area contributed by atoms with Crippen LogP contribution in [0.25, 0.3) is 0 Å². The molecule has 0 aromatic rings. The Morgan fingerprint density at radius 2 is 1.07 bits per heavy atom. The van der Waals surface area contributed by atoms with E-state index in [0.29, 0.717) is 39.0 Å². The number of carboxylic acid groups (broad SMARTS) is 1. The van der Waals surface area contributed by atoms with Crippen molar-refractivity contribution in [1.29, 1.82) is 0 Å². The molecule has 0 spiro atoms. The number of methoxy groups -OCH3 is 3. The fourth-order valence-corrected chi connectivity index (χ4v) is 4.17. The van der Waals surface area contributed by atoms with Gasteiger partial charge in [-0.3, -0.25) is 9.59 Å². The molecule has 0 bridgehead atoms. The van der Waals surface area contributed by atoms with Crippen molar-refractivity contribution in [2.24, 2.45) is 0 Å². The summed E-state index contributed by atoms with van der Waals surface area (Å²) in [6.45, 7) is 30.3. The number of hydrogen-bond donors (Lipinski definition) is 7. The van der Waals surface area contributed by atoms with E-state index in [1.54, 1.807) is 33.3 Å². The molecule has 0 amide bonds. The molecule has 0 radical (unpaired) electrons. The fourth-order valence-electron chi connectivity index (χ4n) is 4.17. The van der Waals surface area contributed by atoms with E-state index in [4.69, 9.17) is 59.4 Å². The molecule has 0 saturated carbocycles. The summed E-state index contributed by atoms with van der Waals surface area (Å²) in [4.78, 5) is 30.4. The quantitative estimate of drug-likeness (QED) is 0.00782. The Balaban J connectivity index is -0.000000110. The molecular formula is C55H108O18. The molecule has 0 aromatic carbocycles. The van der Waals surface area contributed by atoms with E-state index in [9.17, 15) is 14.4 Å². The van der Waals surface area contributed by atoms with Crippen LogP contribution in [0.2, 0.25) is 0 Å². The number of carboxylic acids is 1. The zero-order valence-electron chi connectivity index (χ0n) is 47.1.